The van der Waals surface area contributed by atoms with Crippen molar-refractivity contribution >= 4 is 10.9 Å². The van der Waals surface area contributed by atoms with E-state index < -0.39 is 0 Å². The summed E-state index contributed by atoms with van der Waals surface area (Å²) in [6.07, 6.45) is 3.86. The Hall–Kier alpha value is -3.32. The van der Waals surface area contributed by atoms with E-state index in [0.29, 0.717) is 17.6 Å². The van der Waals surface area contributed by atoms with Crippen molar-refractivity contribution in [2.45, 2.75) is 13.2 Å². The zero-order valence-electron chi connectivity index (χ0n) is 14.4. The molecule has 0 saturated carbocycles. The first-order valence-corrected chi connectivity index (χ1v) is 8.43. The summed E-state index contributed by atoms with van der Waals surface area (Å²) in [5.41, 5.74) is 2.62. The van der Waals surface area contributed by atoms with E-state index in [1.54, 1.807) is 12.1 Å². The molecule has 0 bridgehead atoms. The van der Waals surface area contributed by atoms with Crippen LogP contribution in [-0.4, -0.2) is 31.8 Å². The lowest BCUT2D eigenvalue weighted by atomic mass is 10.2. The summed E-state index contributed by atoms with van der Waals surface area (Å²) in [4.78, 5) is 13.7. The largest absolute Gasteiger partial charge is 0.315 e. The Morgan fingerprint density at radius 2 is 1.81 bits per heavy atom. The lowest BCUT2D eigenvalue weighted by molar-refractivity contribution is -0.917. The summed E-state index contributed by atoms with van der Waals surface area (Å²) in [5.74, 6) is 0. The van der Waals surface area contributed by atoms with Crippen LogP contribution in [0.5, 0.6) is 0 Å². The van der Waals surface area contributed by atoms with Gasteiger partial charge in [0.05, 0.1) is 24.3 Å². The van der Waals surface area contributed by atoms with Crippen molar-refractivity contribution < 1.29 is 4.90 Å². The first-order valence-electron chi connectivity index (χ1n) is 8.43. The number of nitrogens with zero attached hydrogens (tertiary/aromatic N) is 5. The smallest absolute Gasteiger partial charge is 0.282 e. The van der Waals surface area contributed by atoms with Gasteiger partial charge >= 0.3 is 0 Å². The van der Waals surface area contributed by atoms with E-state index in [4.69, 9.17) is 0 Å². The molecule has 0 spiro atoms. The molecule has 2 heterocycles. The number of aromatic nitrogens is 5. The Bertz CT molecular complexity index is 1090. The molecule has 0 saturated heterocycles. The van der Waals surface area contributed by atoms with Crippen molar-refractivity contribution in [1.29, 1.82) is 0 Å². The number of nitrogens with one attached hydrogen (secondary N) is 1. The van der Waals surface area contributed by atoms with E-state index in [2.05, 4.69) is 15.4 Å². The number of para-hydroxylation sites is 1. The molecule has 1 atom stereocenters. The Morgan fingerprint density at radius 3 is 2.65 bits per heavy atom. The van der Waals surface area contributed by atoms with Crippen molar-refractivity contribution in [1.82, 2.24) is 24.8 Å². The molecular weight excluding hydrogens is 328 g/mol. The lowest BCUT2D eigenvalue weighted by Gasteiger charge is -2.13. The number of hydrogen-bond acceptors (Lipinski definition) is 4. The number of rotatable bonds is 5. The minimum atomic E-state index is -0.116. The molecule has 1 N–H and O–H groups in total. The van der Waals surface area contributed by atoms with E-state index in [1.165, 1.54) is 4.68 Å². The molecule has 7 nitrogen and oxygen atoms in total. The Balaban J connectivity index is 1.49. The maximum absolute atomic E-state index is 12.5. The van der Waals surface area contributed by atoms with Crippen molar-refractivity contribution in [3.8, 4) is 5.69 Å². The van der Waals surface area contributed by atoms with Gasteiger partial charge in [0.15, 0.2) is 6.67 Å². The third-order valence-corrected chi connectivity index (χ3v) is 4.21. The summed E-state index contributed by atoms with van der Waals surface area (Å²) in [6, 6.07) is 17.2. The van der Waals surface area contributed by atoms with Gasteiger partial charge in [-0.15, -0.1) is 5.10 Å². The maximum Gasteiger partial charge on any atom is 0.282 e. The molecule has 130 valence electrons. The van der Waals surface area contributed by atoms with Gasteiger partial charge in [-0.2, -0.15) is 9.78 Å². The molecule has 2 aromatic heterocycles. The number of hydrogen-bond donors (Lipinski definition) is 1. The van der Waals surface area contributed by atoms with Gasteiger partial charge in [0.1, 0.15) is 12.1 Å². The van der Waals surface area contributed by atoms with Gasteiger partial charge in [-0.25, -0.2) is 4.68 Å². The predicted molar refractivity (Wildman–Crippen MR) is 98.0 cm³/mol. The van der Waals surface area contributed by atoms with Gasteiger partial charge < -0.3 is 4.90 Å². The number of fused-ring (bicyclic) bond motifs is 1. The molecule has 1 unspecified atom stereocenters. The Labute approximate surface area is 150 Å². The standard InChI is InChI=1S/C19H18N6O/c1-23(12-15-11-20-24(13-15)16-7-3-2-4-8-16)14-25-19(26)17-9-5-6-10-18(17)21-22-25/h2-11,13H,12,14H2,1H3/p+1. The zero-order valence-corrected chi connectivity index (χ0v) is 14.4. The average molecular weight is 347 g/mol. The van der Waals surface area contributed by atoms with Crippen LogP contribution in [0.15, 0.2) is 71.8 Å². The van der Waals surface area contributed by atoms with E-state index >= 15 is 0 Å². The van der Waals surface area contributed by atoms with Gasteiger partial charge in [-0.1, -0.05) is 35.5 Å². The van der Waals surface area contributed by atoms with E-state index in [0.717, 1.165) is 22.7 Å². The molecule has 4 aromatic rings. The first-order chi connectivity index (χ1) is 12.7. The van der Waals surface area contributed by atoms with Crippen LogP contribution in [0.2, 0.25) is 0 Å². The van der Waals surface area contributed by atoms with Gasteiger partial charge in [-0.3, -0.25) is 4.79 Å². The summed E-state index contributed by atoms with van der Waals surface area (Å²) in [5, 5.41) is 13.2. The highest BCUT2D eigenvalue weighted by atomic mass is 16.1. The molecular formula is C19H19N6O+. The summed E-state index contributed by atoms with van der Waals surface area (Å²) < 4.78 is 3.27. The minimum absolute atomic E-state index is 0.116. The predicted octanol–water partition coefficient (Wildman–Crippen LogP) is 0.650. The third-order valence-electron chi connectivity index (χ3n) is 4.21. The van der Waals surface area contributed by atoms with Gasteiger partial charge in [0.25, 0.3) is 5.56 Å². The van der Waals surface area contributed by atoms with Crippen LogP contribution in [0.3, 0.4) is 0 Å². The molecule has 0 fully saturated rings. The molecule has 0 amide bonds. The molecule has 7 heteroatoms. The Kier molecular flexibility index (Phi) is 4.28. The van der Waals surface area contributed by atoms with Crippen molar-refractivity contribution in [3.63, 3.8) is 0 Å². The Morgan fingerprint density at radius 1 is 1.04 bits per heavy atom. The highest BCUT2D eigenvalue weighted by Crippen LogP contribution is 2.07. The van der Waals surface area contributed by atoms with Crippen molar-refractivity contribution in [2.24, 2.45) is 0 Å². The third kappa shape index (κ3) is 3.25. The van der Waals surface area contributed by atoms with Crippen molar-refractivity contribution in [2.75, 3.05) is 7.05 Å². The fraction of sp³-hybridized carbons (Fsp3) is 0.158. The second-order valence-corrected chi connectivity index (χ2v) is 6.33. The van der Waals surface area contributed by atoms with Crippen LogP contribution in [-0.2, 0) is 13.2 Å². The number of benzene rings is 2. The minimum Gasteiger partial charge on any atom is -0.315 e. The van der Waals surface area contributed by atoms with E-state index in [9.17, 15) is 4.79 Å². The van der Waals surface area contributed by atoms with Crippen LogP contribution in [0.1, 0.15) is 5.56 Å². The molecule has 2 aromatic carbocycles. The van der Waals surface area contributed by atoms with Crippen LogP contribution in [0.4, 0.5) is 0 Å². The monoisotopic (exact) mass is 347 g/mol. The van der Waals surface area contributed by atoms with Crippen LogP contribution in [0.25, 0.3) is 16.6 Å². The lowest BCUT2D eigenvalue weighted by Crippen LogP contribution is -3.07. The average Bonchev–Trinajstić information content (AvgIpc) is 3.13. The second-order valence-electron chi connectivity index (χ2n) is 6.33. The fourth-order valence-corrected chi connectivity index (χ4v) is 2.96. The molecule has 4 rings (SSSR count). The van der Waals surface area contributed by atoms with E-state index in [-0.39, 0.29) is 5.56 Å². The maximum atomic E-state index is 12.5. The number of quaternary nitrogens is 1. The summed E-state index contributed by atoms with van der Waals surface area (Å²) in [7, 11) is 2.02. The fourth-order valence-electron chi connectivity index (χ4n) is 2.96. The highest BCUT2D eigenvalue weighted by Gasteiger charge is 2.11. The molecule has 0 aliphatic heterocycles. The van der Waals surface area contributed by atoms with Gasteiger partial charge in [-0.05, 0) is 24.3 Å². The van der Waals surface area contributed by atoms with Gasteiger partial charge in [0.2, 0.25) is 0 Å². The van der Waals surface area contributed by atoms with Crippen LogP contribution < -0.4 is 10.5 Å². The van der Waals surface area contributed by atoms with Crippen molar-refractivity contribution in [3.05, 3.63) is 82.9 Å². The van der Waals surface area contributed by atoms with E-state index in [1.807, 2.05) is 66.6 Å². The first kappa shape index (κ1) is 16.2. The molecule has 26 heavy (non-hydrogen) atoms. The van der Waals surface area contributed by atoms with Crippen LogP contribution in [0, 0.1) is 0 Å². The topological polar surface area (TPSA) is 70.0 Å². The SMILES string of the molecule is C[NH+](Cc1cnn(-c2ccccc2)c1)Cn1nnc2ccccc2c1=O. The zero-order chi connectivity index (χ0) is 17.9. The second kappa shape index (κ2) is 6.89. The van der Waals surface area contributed by atoms with Crippen LogP contribution >= 0.6 is 0 Å². The molecule has 0 radical (unpaired) electrons. The molecule has 0 aliphatic carbocycles. The normalized spacial score (nSPS) is 12.3. The molecule has 0 aliphatic rings. The summed E-state index contributed by atoms with van der Waals surface area (Å²) >= 11 is 0. The van der Waals surface area contributed by atoms with Gasteiger partial charge in [0, 0.05) is 11.8 Å². The summed E-state index contributed by atoms with van der Waals surface area (Å²) in [6.45, 7) is 1.17. The quantitative estimate of drug-likeness (QED) is 0.575. The highest BCUT2D eigenvalue weighted by molar-refractivity contribution is 5.76.